The van der Waals surface area contributed by atoms with Gasteiger partial charge < -0.3 is 18.6 Å². The Morgan fingerprint density at radius 2 is 1.76 bits per heavy atom. The smallest absolute Gasteiger partial charge is 0.331 e. The van der Waals surface area contributed by atoms with Crippen LogP contribution in [0.15, 0.2) is 64.8 Å². The maximum atomic E-state index is 12.9. The van der Waals surface area contributed by atoms with Crippen LogP contribution in [0.5, 0.6) is 17.2 Å². The van der Waals surface area contributed by atoms with Gasteiger partial charge in [-0.1, -0.05) is 12.1 Å². The summed E-state index contributed by atoms with van der Waals surface area (Å²) >= 11 is 0. The van der Waals surface area contributed by atoms with E-state index in [0.717, 1.165) is 10.6 Å². The lowest BCUT2D eigenvalue weighted by molar-refractivity contribution is -0.130. The van der Waals surface area contributed by atoms with E-state index in [-0.39, 0.29) is 12.1 Å². The van der Waals surface area contributed by atoms with Crippen LogP contribution in [0.1, 0.15) is 28.9 Å². The molecule has 1 aromatic heterocycles. The minimum absolute atomic E-state index is 0.0916. The summed E-state index contributed by atoms with van der Waals surface area (Å²) in [5.41, 5.74) is 2.76. The third kappa shape index (κ3) is 6.19. The monoisotopic (exact) mass is 504 g/mol. The van der Waals surface area contributed by atoms with Crippen molar-refractivity contribution in [3.05, 3.63) is 82.8 Å². The molecular weight excluding hydrogens is 476 g/mol. The van der Waals surface area contributed by atoms with Crippen LogP contribution in [0.25, 0.3) is 6.08 Å². The Balaban J connectivity index is 1.38. The fraction of sp³-hybridized carbons (Fsp3) is 0.250. The number of amides is 4. The normalized spacial score (nSPS) is 14.6. The zero-order valence-electron chi connectivity index (χ0n) is 20.9. The van der Waals surface area contributed by atoms with E-state index in [1.54, 1.807) is 30.3 Å². The Labute approximate surface area is 214 Å². The number of rotatable bonds is 10. The van der Waals surface area contributed by atoms with E-state index >= 15 is 0 Å². The molecular formula is C28H28N2O7. The van der Waals surface area contributed by atoms with Gasteiger partial charge in [0.05, 0.1) is 33.1 Å². The molecule has 4 rings (SSSR count). The first kappa shape index (κ1) is 25.6. The highest BCUT2D eigenvalue weighted by molar-refractivity contribution is 6.30. The molecule has 9 nitrogen and oxygen atoms in total. The van der Waals surface area contributed by atoms with Crippen LogP contribution < -0.4 is 19.5 Å². The number of carbonyl (C=O) groups is 3. The Bertz CT molecular complexity index is 1330. The van der Waals surface area contributed by atoms with Crippen LogP contribution >= 0.6 is 0 Å². The Morgan fingerprint density at radius 1 is 0.946 bits per heavy atom. The third-order valence-electron chi connectivity index (χ3n) is 5.87. The molecule has 2 heterocycles. The second-order valence-corrected chi connectivity index (χ2v) is 8.49. The second-order valence-electron chi connectivity index (χ2n) is 8.49. The van der Waals surface area contributed by atoms with Crippen molar-refractivity contribution in [2.75, 3.05) is 20.3 Å². The van der Waals surface area contributed by atoms with E-state index in [9.17, 15) is 14.4 Å². The molecule has 0 unspecified atom stereocenters. The van der Waals surface area contributed by atoms with E-state index in [2.05, 4.69) is 12.2 Å². The number of benzene rings is 2. The highest BCUT2D eigenvalue weighted by Crippen LogP contribution is 2.30. The van der Waals surface area contributed by atoms with Crippen LogP contribution in [-0.2, 0) is 16.1 Å². The topological polar surface area (TPSA) is 107 Å². The van der Waals surface area contributed by atoms with E-state index in [1.807, 2.05) is 25.1 Å². The lowest BCUT2D eigenvalue weighted by atomic mass is 10.1. The van der Waals surface area contributed by atoms with Gasteiger partial charge in [-0.3, -0.25) is 19.8 Å². The van der Waals surface area contributed by atoms with Gasteiger partial charge in [0.1, 0.15) is 17.1 Å². The first-order chi connectivity index (χ1) is 17.9. The van der Waals surface area contributed by atoms with Crippen molar-refractivity contribution in [2.45, 2.75) is 26.8 Å². The molecule has 1 N–H and O–H groups in total. The standard InChI is InChI=1S/C28H28N2O7/c1-18-7-9-21(14-19(18)2)35-12-5-13-37-24-10-8-20(16-25(24)34-3)15-23-26(31)29-28(33)30(27(23)32)17-22-6-4-11-36-22/h4,6-11,14-16H,5,12-13,17H2,1-3H3,(H,29,31,33). The molecule has 0 saturated carbocycles. The van der Waals surface area contributed by atoms with Crippen molar-refractivity contribution >= 4 is 23.9 Å². The van der Waals surface area contributed by atoms with Gasteiger partial charge in [-0.05, 0) is 73.0 Å². The summed E-state index contributed by atoms with van der Waals surface area (Å²) in [6.45, 7) is 4.92. The molecule has 1 aliphatic heterocycles. The quantitative estimate of drug-likeness (QED) is 0.247. The van der Waals surface area contributed by atoms with Crippen LogP contribution in [0, 0.1) is 13.8 Å². The predicted molar refractivity (Wildman–Crippen MR) is 135 cm³/mol. The average molecular weight is 505 g/mol. The lowest BCUT2D eigenvalue weighted by Crippen LogP contribution is -2.53. The number of urea groups is 1. The van der Waals surface area contributed by atoms with Crippen molar-refractivity contribution in [1.82, 2.24) is 10.2 Å². The van der Waals surface area contributed by atoms with Gasteiger partial charge >= 0.3 is 6.03 Å². The summed E-state index contributed by atoms with van der Waals surface area (Å²) < 4.78 is 22.3. The van der Waals surface area contributed by atoms with Crippen LogP contribution in [0.2, 0.25) is 0 Å². The molecule has 4 amide bonds. The van der Waals surface area contributed by atoms with Gasteiger partial charge in [-0.2, -0.15) is 0 Å². The number of hydrogen-bond donors (Lipinski definition) is 1. The number of carbonyl (C=O) groups excluding carboxylic acids is 3. The molecule has 9 heteroatoms. The highest BCUT2D eigenvalue weighted by atomic mass is 16.5. The van der Waals surface area contributed by atoms with Crippen molar-refractivity contribution < 1.29 is 33.0 Å². The summed E-state index contributed by atoms with van der Waals surface area (Å²) in [6, 6.07) is 13.5. The predicted octanol–water partition coefficient (Wildman–Crippen LogP) is 4.41. The molecule has 1 fully saturated rings. The number of imide groups is 2. The first-order valence-electron chi connectivity index (χ1n) is 11.8. The molecule has 0 radical (unpaired) electrons. The number of barbiturate groups is 1. The number of aryl methyl sites for hydroxylation is 2. The van der Waals surface area contributed by atoms with Gasteiger partial charge in [0.15, 0.2) is 11.5 Å². The second kappa shape index (κ2) is 11.5. The zero-order valence-corrected chi connectivity index (χ0v) is 20.9. The zero-order chi connectivity index (χ0) is 26.4. The Kier molecular flexibility index (Phi) is 7.92. The minimum atomic E-state index is -0.800. The van der Waals surface area contributed by atoms with E-state index in [0.29, 0.717) is 42.5 Å². The molecule has 1 aliphatic rings. The molecule has 0 atom stereocenters. The summed E-state index contributed by atoms with van der Waals surface area (Å²) in [5.74, 6) is 0.715. The Morgan fingerprint density at radius 3 is 2.49 bits per heavy atom. The number of furan rings is 1. The summed E-state index contributed by atoms with van der Waals surface area (Å²) in [6.07, 6.45) is 3.51. The number of nitrogens with one attached hydrogen (secondary N) is 1. The van der Waals surface area contributed by atoms with Gasteiger partial charge in [0, 0.05) is 6.42 Å². The van der Waals surface area contributed by atoms with Crippen molar-refractivity contribution in [2.24, 2.45) is 0 Å². The highest BCUT2D eigenvalue weighted by Gasteiger charge is 2.36. The molecule has 37 heavy (non-hydrogen) atoms. The third-order valence-corrected chi connectivity index (χ3v) is 5.87. The van der Waals surface area contributed by atoms with Crippen molar-refractivity contribution in [3.63, 3.8) is 0 Å². The summed E-state index contributed by atoms with van der Waals surface area (Å²) in [4.78, 5) is 38.4. The van der Waals surface area contributed by atoms with Gasteiger partial charge in [-0.15, -0.1) is 0 Å². The van der Waals surface area contributed by atoms with Crippen LogP contribution in [0.4, 0.5) is 4.79 Å². The van der Waals surface area contributed by atoms with Crippen molar-refractivity contribution in [3.8, 4) is 17.2 Å². The van der Waals surface area contributed by atoms with Gasteiger partial charge in [0.2, 0.25) is 0 Å². The Hall–Kier alpha value is -4.53. The number of hydrogen-bond acceptors (Lipinski definition) is 7. The van der Waals surface area contributed by atoms with Gasteiger partial charge in [-0.25, -0.2) is 4.79 Å². The van der Waals surface area contributed by atoms with E-state index in [4.69, 9.17) is 18.6 Å². The molecule has 2 aromatic carbocycles. The summed E-state index contributed by atoms with van der Waals surface area (Å²) in [5, 5.41) is 2.19. The van der Waals surface area contributed by atoms with Crippen LogP contribution in [-0.4, -0.2) is 43.1 Å². The minimum Gasteiger partial charge on any atom is -0.493 e. The number of nitrogens with zero attached hydrogens (tertiary/aromatic N) is 1. The maximum absolute atomic E-state index is 12.9. The summed E-state index contributed by atoms with van der Waals surface area (Å²) in [7, 11) is 1.50. The average Bonchev–Trinajstić information content (AvgIpc) is 3.40. The first-order valence-corrected chi connectivity index (χ1v) is 11.8. The van der Waals surface area contributed by atoms with E-state index in [1.165, 1.54) is 30.6 Å². The molecule has 0 bridgehead atoms. The number of methoxy groups -OCH3 is 1. The van der Waals surface area contributed by atoms with E-state index < -0.39 is 17.8 Å². The largest absolute Gasteiger partial charge is 0.493 e. The molecule has 192 valence electrons. The fourth-order valence-corrected chi connectivity index (χ4v) is 3.69. The number of ether oxygens (including phenoxy) is 3. The van der Waals surface area contributed by atoms with Crippen LogP contribution in [0.3, 0.4) is 0 Å². The molecule has 3 aromatic rings. The lowest BCUT2D eigenvalue weighted by Gasteiger charge is -2.25. The molecule has 0 spiro atoms. The van der Waals surface area contributed by atoms with Gasteiger partial charge in [0.25, 0.3) is 11.8 Å². The molecule has 0 aliphatic carbocycles. The fourth-order valence-electron chi connectivity index (χ4n) is 3.69. The van der Waals surface area contributed by atoms with Crippen molar-refractivity contribution in [1.29, 1.82) is 0 Å². The SMILES string of the molecule is COc1cc(C=C2C(=O)NC(=O)N(Cc3ccco3)C2=O)ccc1OCCCOc1ccc(C)c(C)c1. The maximum Gasteiger partial charge on any atom is 0.331 e. The molecule has 1 saturated heterocycles.